The quantitative estimate of drug-likeness (QED) is 0.861. The van der Waals surface area contributed by atoms with Gasteiger partial charge in [-0.05, 0) is 31.2 Å². The van der Waals surface area contributed by atoms with E-state index in [-0.39, 0.29) is 5.76 Å². The second-order valence-corrected chi connectivity index (χ2v) is 3.99. The van der Waals surface area contributed by atoms with Crippen LogP contribution in [0.4, 0.5) is 5.69 Å². The van der Waals surface area contributed by atoms with Gasteiger partial charge in [-0.2, -0.15) is 0 Å². The average Bonchev–Trinajstić information content (AvgIpc) is 2.85. The number of aryl methyl sites for hydroxylation is 1. The maximum atomic E-state index is 11.8. The highest BCUT2D eigenvalue weighted by atomic mass is 16.5. The number of aromatic nitrogens is 1. The number of ether oxygens (including phenoxy) is 1. The molecule has 0 aliphatic carbocycles. The first-order valence-corrected chi connectivity index (χ1v) is 5.74. The van der Waals surface area contributed by atoms with Gasteiger partial charge in [0.15, 0.2) is 6.61 Å². The first-order chi connectivity index (χ1) is 9.54. The van der Waals surface area contributed by atoms with Gasteiger partial charge in [0.25, 0.3) is 5.91 Å². The molecule has 7 heteroatoms. The smallest absolute Gasteiger partial charge is 0.341 e. The lowest BCUT2D eigenvalue weighted by Gasteiger charge is -2.05. The molecule has 2 aromatic rings. The summed E-state index contributed by atoms with van der Waals surface area (Å²) in [7, 11) is 0. The van der Waals surface area contributed by atoms with E-state index in [0.29, 0.717) is 17.1 Å². The van der Waals surface area contributed by atoms with E-state index in [1.54, 1.807) is 31.2 Å². The molecule has 0 saturated carbocycles. The van der Waals surface area contributed by atoms with Crippen LogP contribution < -0.4 is 10.1 Å². The van der Waals surface area contributed by atoms with Crippen LogP contribution in [0.1, 0.15) is 16.2 Å². The lowest BCUT2D eigenvalue weighted by Crippen LogP contribution is -2.11. The molecule has 1 heterocycles. The topological polar surface area (TPSA) is 102 Å². The first-order valence-electron chi connectivity index (χ1n) is 5.74. The van der Waals surface area contributed by atoms with Crippen molar-refractivity contribution >= 4 is 17.6 Å². The minimum absolute atomic E-state index is 0.119. The fourth-order valence-corrected chi connectivity index (χ4v) is 1.44. The standard InChI is InChI=1S/C13H12N2O5/c1-8-6-11(20-15-8)13(18)14-9-2-4-10(5-3-9)19-7-12(16)17/h2-6H,7H2,1H3,(H,14,18)(H,16,17). The molecular formula is C13H12N2O5. The fourth-order valence-electron chi connectivity index (χ4n) is 1.44. The molecule has 0 radical (unpaired) electrons. The Morgan fingerprint density at radius 2 is 2.05 bits per heavy atom. The summed E-state index contributed by atoms with van der Waals surface area (Å²) in [5.74, 6) is -0.942. The predicted octanol–water partition coefficient (Wildman–Crippen LogP) is 1.70. The van der Waals surface area contributed by atoms with Crippen molar-refractivity contribution in [1.29, 1.82) is 0 Å². The van der Waals surface area contributed by atoms with Gasteiger partial charge in [0.05, 0.1) is 5.69 Å². The Balaban J connectivity index is 1.96. The molecule has 0 fully saturated rings. The normalized spacial score (nSPS) is 10.1. The Kier molecular flexibility index (Phi) is 3.99. The maximum Gasteiger partial charge on any atom is 0.341 e. The second kappa shape index (κ2) is 5.87. The summed E-state index contributed by atoms with van der Waals surface area (Å²) in [5.41, 5.74) is 1.15. The van der Waals surface area contributed by atoms with E-state index in [4.69, 9.17) is 14.4 Å². The van der Waals surface area contributed by atoms with Crippen molar-refractivity contribution < 1.29 is 24.0 Å². The number of nitrogens with zero attached hydrogens (tertiary/aromatic N) is 1. The molecule has 0 atom stereocenters. The third kappa shape index (κ3) is 3.58. The summed E-state index contributed by atoms with van der Waals surface area (Å²) in [6, 6.07) is 7.84. The molecule has 7 nitrogen and oxygen atoms in total. The Labute approximate surface area is 114 Å². The summed E-state index contributed by atoms with van der Waals surface area (Å²) in [5, 5.41) is 14.7. The van der Waals surface area contributed by atoms with Gasteiger partial charge >= 0.3 is 5.97 Å². The van der Waals surface area contributed by atoms with Gasteiger partial charge in [0, 0.05) is 11.8 Å². The molecule has 0 bridgehead atoms. The third-order valence-corrected chi connectivity index (χ3v) is 2.33. The molecular weight excluding hydrogens is 264 g/mol. The van der Waals surface area contributed by atoms with E-state index in [1.807, 2.05) is 0 Å². The number of aliphatic carboxylic acids is 1. The molecule has 104 valence electrons. The highest BCUT2D eigenvalue weighted by molar-refractivity contribution is 6.02. The lowest BCUT2D eigenvalue weighted by molar-refractivity contribution is -0.139. The van der Waals surface area contributed by atoms with Gasteiger partial charge in [0.2, 0.25) is 5.76 Å². The minimum atomic E-state index is -1.05. The number of hydrogen-bond donors (Lipinski definition) is 2. The van der Waals surface area contributed by atoms with Crippen LogP contribution in [0, 0.1) is 6.92 Å². The first kappa shape index (κ1) is 13.6. The number of benzene rings is 1. The number of nitrogens with one attached hydrogen (secondary N) is 1. The van der Waals surface area contributed by atoms with Crippen LogP contribution in [0.25, 0.3) is 0 Å². The van der Waals surface area contributed by atoms with E-state index in [0.717, 1.165) is 0 Å². The van der Waals surface area contributed by atoms with Crippen molar-refractivity contribution in [3.05, 3.63) is 41.8 Å². The Bertz CT molecular complexity index is 618. The van der Waals surface area contributed by atoms with E-state index in [1.165, 1.54) is 6.07 Å². The lowest BCUT2D eigenvalue weighted by atomic mass is 10.3. The number of hydrogen-bond acceptors (Lipinski definition) is 5. The molecule has 20 heavy (non-hydrogen) atoms. The van der Waals surface area contributed by atoms with Crippen molar-refractivity contribution in [2.24, 2.45) is 0 Å². The Morgan fingerprint density at radius 1 is 1.35 bits per heavy atom. The van der Waals surface area contributed by atoms with Crippen LogP contribution in [0.3, 0.4) is 0 Å². The van der Waals surface area contributed by atoms with Gasteiger partial charge in [-0.25, -0.2) is 4.79 Å². The molecule has 2 N–H and O–H groups in total. The van der Waals surface area contributed by atoms with Crippen LogP contribution >= 0.6 is 0 Å². The molecule has 0 aliphatic heterocycles. The van der Waals surface area contributed by atoms with Crippen LogP contribution in [-0.4, -0.2) is 28.7 Å². The van der Waals surface area contributed by atoms with E-state index in [2.05, 4.69) is 10.5 Å². The van der Waals surface area contributed by atoms with Crippen LogP contribution in [0.15, 0.2) is 34.9 Å². The van der Waals surface area contributed by atoms with E-state index in [9.17, 15) is 9.59 Å². The average molecular weight is 276 g/mol. The zero-order chi connectivity index (χ0) is 14.5. The zero-order valence-corrected chi connectivity index (χ0v) is 10.6. The second-order valence-electron chi connectivity index (χ2n) is 3.99. The number of anilines is 1. The van der Waals surface area contributed by atoms with Crippen molar-refractivity contribution in [3.8, 4) is 5.75 Å². The number of carboxylic acid groups (broad SMARTS) is 1. The summed E-state index contributed by atoms with van der Waals surface area (Å²) in [4.78, 5) is 22.1. The highest BCUT2D eigenvalue weighted by Crippen LogP contribution is 2.16. The van der Waals surface area contributed by atoms with Crippen LogP contribution in [0.5, 0.6) is 5.75 Å². The highest BCUT2D eigenvalue weighted by Gasteiger charge is 2.11. The third-order valence-electron chi connectivity index (χ3n) is 2.33. The van der Waals surface area contributed by atoms with Crippen molar-refractivity contribution in [2.45, 2.75) is 6.92 Å². The van der Waals surface area contributed by atoms with Crippen LogP contribution in [0.2, 0.25) is 0 Å². The molecule has 0 saturated heterocycles. The van der Waals surface area contributed by atoms with Crippen molar-refractivity contribution in [2.75, 3.05) is 11.9 Å². The maximum absolute atomic E-state index is 11.8. The number of amides is 1. The zero-order valence-electron chi connectivity index (χ0n) is 10.6. The van der Waals surface area contributed by atoms with Gasteiger partial charge in [0.1, 0.15) is 5.75 Å². The summed E-state index contributed by atoms with van der Waals surface area (Å²) >= 11 is 0. The minimum Gasteiger partial charge on any atom is -0.482 e. The molecule has 0 unspecified atom stereocenters. The molecule has 0 spiro atoms. The molecule has 1 aromatic heterocycles. The summed E-state index contributed by atoms with van der Waals surface area (Å²) in [6.45, 7) is 1.30. The number of rotatable bonds is 5. The van der Waals surface area contributed by atoms with Crippen molar-refractivity contribution in [3.63, 3.8) is 0 Å². The van der Waals surface area contributed by atoms with Gasteiger partial charge in [-0.3, -0.25) is 4.79 Å². The summed E-state index contributed by atoms with van der Waals surface area (Å²) < 4.78 is 9.81. The number of carboxylic acids is 1. The van der Waals surface area contributed by atoms with E-state index >= 15 is 0 Å². The van der Waals surface area contributed by atoms with E-state index < -0.39 is 18.5 Å². The Hall–Kier alpha value is -2.83. The van der Waals surface area contributed by atoms with Crippen molar-refractivity contribution in [1.82, 2.24) is 5.16 Å². The molecule has 1 amide bonds. The number of carbonyl (C=O) groups excluding carboxylic acids is 1. The monoisotopic (exact) mass is 276 g/mol. The molecule has 1 aromatic carbocycles. The SMILES string of the molecule is Cc1cc(C(=O)Nc2ccc(OCC(=O)O)cc2)on1. The summed E-state index contributed by atoms with van der Waals surface area (Å²) in [6.07, 6.45) is 0. The van der Waals surface area contributed by atoms with Gasteiger partial charge in [-0.15, -0.1) is 0 Å². The molecule has 0 aliphatic rings. The largest absolute Gasteiger partial charge is 0.482 e. The fraction of sp³-hybridized carbons (Fsp3) is 0.154. The van der Waals surface area contributed by atoms with Crippen LogP contribution in [-0.2, 0) is 4.79 Å². The predicted molar refractivity (Wildman–Crippen MR) is 68.8 cm³/mol. The van der Waals surface area contributed by atoms with Gasteiger partial charge < -0.3 is 19.7 Å². The number of carbonyl (C=O) groups is 2. The van der Waals surface area contributed by atoms with Gasteiger partial charge in [-0.1, -0.05) is 5.16 Å². The molecule has 2 rings (SSSR count). The Morgan fingerprint density at radius 3 is 2.60 bits per heavy atom.